The molecule has 0 spiro atoms. The fraction of sp³-hybridized carbons (Fsp3) is 0.400. The molecule has 0 aromatic heterocycles. The Balaban J connectivity index is 2.72. The van der Waals surface area contributed by atoms with Crippen molar-refractivity contribution in [1.29, 1.82) is 0 Å². The molecule has 0 radical (unpaired) electrons. The Morgan fingerprint density at radius 3 is 2.73 bits per heavy atom. The van der Waals surface area contributed by atoms with Gasteiger partial charge in [0.05, 0.1) is 15.3 Å². The lowest BCUT2D eigenvalue weighted by Gasteiger charge is -2.32. The summed E-state index contributed by atoms with van der Waals surface area (Å²) in [6.45, 7) is 3.84. The zero-order valence-electron chi connectivity index (χ0n) is 8.74. The number of hydrogen-bond donors (Lipinski definition) is 2. The van der Waals surface area contributed by atoms with E-state index in [-0.39, 0.29) is 0 Å². The molecule has 1 aromatic rings. The Morgan fingerprint density at radius 1 is 1.40 bits per heavy atom. The first-order valence-corrected chi connectivity index (χ1v) is 6.21. The van der Waals surface area contributed by atoms with E-state index in [9.17, 15) is 8.42 Å². The van der Waals surface area contributed by atoms with E-state index in [2.05, 4.69) is 5.32 Å². The van der Waals surface area contributed by atoms with Crippen molar-refractivity contribution in [1.82, 2.24) is 0 Å². The van der Waals surface area contributed by atoms with Crippen molar-refractivity contribution in [2.24, 2.45) is 0 Å². The molecule has 2 rings (SSSR count). The molecule has 0 saturated carbocycles. The van der Waals surface area contributed by atoms with Crippen molar-refractivity contribution in [3.8, 4) is 0 Å². The van der Waals surface area contributed by atoms with Crippen molar-refractivity contribution < 1.29 is 8.42 Å². The number of rotatable bonds is 0. The highest BCUT2D eigenvalue weighted by Gasteiger charge is 2.40. The van der Waals surface area contributed by atoms with Gasteiger partial charge in [-0.25, -0.2) is 8.42 Å². The van der Waals surface area contributed by atoms with Crippen LogP contribution in [0.15, 0.2) is 23.1 Å². The normalized spacial score (nSPS) is 21.5. The lowest BCUT2D eigenvalue weighted by molar-refractivity contribution is 0.548. The maximum absolute atomic E-state index is 12.2. The highest BCUT2D eigenvalue weighted by atomic mass is 32.2. The van der Waals surface area contributed by atoms with Crippen LogP contribution in [0, 0.1) is 0 Å². The van der Waals surface area contributed by atoms with Crippen LogP contribution in [0.1, 0.15) is 13.8 Å². The third-order valence-corrected chi connectivity index (χ3v) is 5.24. The molecule has 15 heavy (non-hydrogen) atoms. The van der Waals surface area contributed by atoms with Crippen molar-refractivity contribution >= 4 is 21.2 Å². The van der Waals surface area contributed by atoms with Gasteiger partial charge in [-0.3, -0.25) is 0 Å². The van der Waals surface area contributed by atoms with Crippen molar-refractivity contribution in [2.75, 3.05) is 17.6 Å². The molecule has 82 valence electrons. The van der Waals surface area contributed by atoms with Crippen LogP contribution in [0.4, 0.5) is 11.4 Å². The molecule has 0 bridgehead atoms. The highest BCUT2D eigenvalue weighted by molar-refractivity contribution is 7.93. The number of hydrogen-bond acceptors (Lipinski definition) is 4. The van der Waals surface area contributed by atoms with Gasteiger partial charge in [0.2, 0.25) is 0 Å². The van der Waals surface area contributed by atoms with E-state index in [1.807, 2.05) is 0 Å². The van der Waals surface area contributed by atoms with Gasteiger partial charge in [0, 0.05) is 12.2 Å². The number of benzene rings is 1. The standard InChI is InChI=1S/C10H14N2O2S/c1-10(2)6-12-8-4-3-7(11)5-9(8)15(10,13)14/h3-5,12H,6,11H2,1-2H3. The third kappa shape index (κ3) is 1.38. The fourth-order valence-electron chi connectivity index (χ4n) is 1.61. The summed E-state index contributed by atoms with van der Waals surface area (Å²) in [6, 6.07) is 4.91. The van der Waals surface area contributed by atoms with E-state index < -0.39 is 14.6 Å². The lowest BCUT2D eigenvalue weighted by Crippen LogP contribution is -2.43. The van der Waals surface area contributed by atoms with Gasteiger partial charge < -0.3 is 11.1 Å². The first kappa shape index (κ1) is 10.3. The van der Waals surface area contributed by atoms with Crippen molar-refractivity contribution in [3.05, 3.63) is 18.2 Å². The van der Waals surface area contributed by atoms with Gasteiger partial charge in [-0.1, -0.05) is 0 Å². The first-order chi connectivity index (χ1) is 6.84. The maximum Gasteiger partial charge on any atom is 0.187 e. The molecule has 0 atom stereocenters. The monoisotopic (exact) mass is 226 g/mol. The van der Waals surface area contributed by atoms with Crippen molar-refractivity contribution in [3.63, 3.8) is 0 Å². The molecule has 1 aromatic carbocycles. The van der Waals surface area contributed by atoms with Crippen LogP contribution >= 0.6 is 0 Å². The molecule has 0 aliphatic carbocycles. The van der Waals surface area contributed by atoms with Crippen LogP contribution in [0.3, 0.4) is 0 Å². The molecule has 1 heterocycles. The third-order valence-electron chi connectivity index (χ3n) is 2.73. The molecule has 3 N–H and O–H groups in total. The highest BCUT2D eigenvalue weighted by Crippen LogP contribution is 2.36. The van der Waals surface area contributed by atoms with Gasteiger partial charge in [-0.15, -0.1) is 0 Å². The Labute approximate surface area is 89.4 Å². The molecule has 0 unspecified atom stereocenters. The van der Waals surface area contributed by atoms with Gasteiger partial charge in [0.15, 0.2) is 9.84 Å². The second-order valence-electron chi connectivity index (χ2n) is 4.37. The summed E-state index contributed by atoms with van der Waals surface area (Å²) in [4.78, 5) is 0.304. The minimum atomic E-state index is -3.29. The molecule has 1 aliphatic heterocycles. The van der Waals surface area contributed by atoms with E-state index >= 15 is 0 Å². The fourth-order valence-corrected chi connectivity index (χ4v) is 3.19. The quantitative estimate of drug-likeness (QED) is 0.653. The molecule has 0 saturated heterocycles. The number of fused-ring (bicyclic) bond motifs is 1. The molecule has 0 fully saturated rings. The zero-order valence-corrected chi connectivity index (χ0v) is 9.56. The van der Waals surface area contributed by atoms with Crippen LogP contribution in [0.2, 0.25) is 0 Å². The number of nitrogens with two attached hydrogens (primary N) is 1. The lowest BCUT2D eigenvalue weighted by atomic mass is 10.2. The Hall–Kier alpha value is -1.23. The Kier molecular flexibility index (Phi) is 1.98. The van der Waals surface area contributed by atoms with Crippen LogP contribution in [-0.2, 0) is 9.84 Å². The Bertz CT molecular complexity index is 506. The average molecular weight is 226 g/mol. The Morgan fingerprint density at radius 2 is 2.07 bits per heavy atom. The van der Waals surface area contributed by atoms with Crippen LogP contribution in [0.5, 0.6) is 0 Å². The molecular weight excluding hydrogens is 212 g/mol. The van der Waals surface area contributed by atoms with E-state index in [1.165, 1.54) is 6.07 Å². The second-order valence-corrected chi connectivity index (χ2v) is 6.92. The summed E-state index contributed by atoms with van der Waals surface area (Å²) in [5.41, 5.74) is 6.71. The minimum Gasteiger partial charge on any atom is -0.399 e. The van der Waals surface area contributed by atoms with Gasteiger partial charge in [0.25, 0.3) is 0 Å². The number of anilines is 2. The number of sulfone groups is 1. The topological polar surface area (TPSA) is 72.2 Å². The SMILES string of the molecule is CC1(C)CNc2ccc(N)cc2S1(=O)=O. The smallest absolute Gasteiger partial charge is 0.187 e. The number of nitrogens with one attached hydrogen (secondary N) is 1. The largest absolute Gasteiger partial charge is 0.399 e. The molecule has 0 amide bonds. The van der Waals surface area contributed by atoms with Crippen LogP contribution < -0.4 is 11.1 Å². The molecule has 1 aliphatic rings. The molecule has 4 nitrogen and oxygen atoms in total. The first-order valence-electron chi connectivity index (χ1n) is 4.73. The van der Waals surface area contributed by atoms with Crippen LogP contribution in [0.25, 0.3) is 0 Å². The molecular formula is C10H14N2O2S. The zero-order chi connectivity index (χ0) is 11.3. The van der Waals surface area contributed by atoms with Crippen LogP contribution in [-0.4, -0.2) is 19.7 Å². The van der Waals surface area contributed by atoms with E-state index in [1.54, 1.807) is 26.0 Å². The summed E-state index contributed by atoms with van der Waals surface area (Å²) in [5.74, 6) is 0. The molecule has 5 heteroatoms. The maximum atomic E-state index is 12.2. The predicted molar refractivity (Wildman–Crippen MR) is 60.6 cm³/mol. The second kappa shape index (κ2) is 2.88. The summed E-state index contributed by atoms with van der Waals surface area (Å²) in [7, 11) is -3.29. The summed E-state index contributed by atoms with van der Waals surface area (Å²) < 4.78 is 23.6. The van der Waals surface area contributed by atoms with Gasteiger partial charge in [0.1, 0.15) is 0 Å². The summed E-state index contributed by atoms with van der Waals surface area (Å²) in [6.07, 6.45) is 0. The minimum absolute atomic E-state index is 0.304. The number of nitrogen functional groups attached to an aromatic ring is 1. The summed E-state index contributed by atoms with van der Waals surface area (Å²) in [5, 5.41) is 3.10. The van der Waals surface area contributed by atoms with Gasteiger partial charge in [-0.05, 0) is 32.0 Å². The van der Waals surface area contributed by atoms with Gasteiger partial charge >= 0.3 is 0 Å². The summed E-state index contributed by atoms with van der Waals surface area (Å²) >= 11 is 0. The predicted octanol–water partition coefficient (Wildman–Crippen LogP) is 1.25. The van der Waals surface area contributed by atoms with E-state index in [4.69, 9.17) is 5.73 Å². The average Bonchev–Trinajstić information content (AvgIpc) is 2.14. The van der Waals surface area contributed by atoms with Gasteiger partial charge in [-0.2, -0.15) is 0 Å². The van der Waals surface area contributed by atoms with Crippen molar-refractivity contribution in [2.45, 2.75) is 23.5 Å². The van der Waals surface area contributed by atoms with E-state index in [0.29, 0.717) is 22.8 Å². The van der Waals surface area contributed by atoms with E-state index in [0.717, 1.165) is 0 Å².